The van der Waals surface area contributed by atoms with Crippen molar-refractivity contribution in [3.63, 3.8) is 0 Å². The fraction of sp³-hybridized carbons (Fsp3) is 0.0588. The smallest absolute Gasteiger partial charge is 0.308 e. The largest absolute Gasteiger partial charge is 0.325 e. The number of imide groups is 1. The average molecular weight is 371 g/mol. The van der Waals surface area contributed by atoms with E-state index >= 15 is 0 Å². The first kappa shape index (κ1) is 17.6. The minimum absolute atomic E-state index is 0.0588. The van der Waals surface area contributed by atoms with E-state index in [-0.39, 0.29) is 16.7 Å². The van der Waals surface area contributed by atoms with Crippen molar-refractivity contribution in [3.05, 3.63) is 60.4 Å². The monoisotopic (exact) mass is 371 g/mol. The summed E-state index contributed by atoms with van der Waals surface area (Å²) in [4.78, 5) is 27.7. The van der Waals surface area contributed by atoms with Gasteiger partial charge in [-0.2, -0.15) is 0 Å². The molecule has 1 aromatic heterocycles. The van der Waals surface area contributed by atoms with Gasteiger partial charge in [0.1, 0.15) is 5.82 Å². The van der Waals surface area contributed by atoms with Crippen molar-refractivity contribution in [1.29, 1.82) is 0 Å². The molecule has 9 heteroatoms. The Bertz CT molecular complexity index is 916. The summed E-state index contributed by atoms with van der Waals surface area (Å²) in [6.07, 6.45) is 0. The molecule has 0 fully saturated rings. The molecule has 0 unspecified atom stereocenters. The van der Waals surface area contributed by atoms with Crippen molar-refractivity contribution in [2.24, 2.45) is 0 Å². The fourth-order valence-electron chi connectivity index (χ4n) is 2.06. The van der Waals surface area contributed by atoms with Gasteiger partial charge in [0.15, 0.2) is 5.82 Å². The Balaban J connectivity index is 1.51. The molecule has 0 spiro atoms. The lowest BCUT2D eigenvalue weighted by molar-refractivity contribution is -0.117. The number of nitrogens with one attached hydrogen (secondary N) is 3. The van der Waals surface area contributed by atoms with Gasteiger partial charge in [0, 0.05) is 5.69 Å². The third-order valence-corrected chi connectivity index (χ3v) is 4.06. The van der Waals surface area contributed by atoms with E-state index in [0.29, 0.717) is 11.3 Å². The Labute approximate surface area is 152 Å². The first-order valence-electron chi connectivity index (χ1n) is 7.58. The summed E-state index contributed by atoms with van der Waals surface area (Å²) in [5, 5.41) is 11.6. The van der Waals surface area contributed by atoms with Crippen LogP contribution in [0.1, 0.15) is 0 Å². The lowest BCUT2D eigenvalue weighted by atomic mass is 10.2. The number of hydrogen-bond acceptors (Lipinski definition) is 5. The third kappa shape index (κ3) is 4.67. The van der Waals surface area contributed by atoms with Crippen LogP contribution in [0.4, 0.5) is 14.9 Å². The van der Waals surface area contributed by atoms with E-state index in [1.54, 1.807) is 42.5 Å². The van der Waals surface area contributed by atoms with Gasteiger partial charge in [0.2, 0.25) is 11.1 Å². The maximum atomic E-state index is 13.7. The number of para-hydroxylation sites is 1. The number of hydrogen-bond donors (Lipinski definition) is 3. The van der Waals surface area contributed by atoms with Gasteiger partial charge in [0.05, 0.1) is 11.3 Å². The van der Waals surface area contributed by atoms with E-state index in [1.165, 1.54) is 6.07 Å². The molecule has 26 heavy (non-hydrogen) atoms. The van der Waals surface area contributed by atoms with Gasteiger partial charge in [0.25, 0.3) is 0 Å². The quantitative estimate of drug-likeness (QED) is 0.599. The molecule has 0 bridgehead atoms. The van der Waals surface area contributed by atoms with Crippen molar-refractivity contribution < 1.29 is 14.0 Å². The number of halogens is 1. The van der Waals surface area contributed by atoms with Crippen molar-refractivity contribution in [3.8, 4) is 11.4 Å². The molecule has 0 aliphatic rings. The lowest BCUT2D eigenvalue weighted by Crippen LogP contribution is -2.35. The molecule has 132 valence electrons. The maximum Gasteiger partial charge on any atom is 0.325 e. The number of carbonyl (C=O) groups excluding carboxylic acids is 2. The first-order valence-corrected chi connectivity index (χ1v) is 8.56. The summed E-state index contributed by atoms with van der Waals surface area (Å²) in [7, 11) is 0. The lowest BCUT2D eigenvalue weighted by Gasteiger charge is -2.05. The number of amides is 3. The van der Waals surface area contributed by atoms with E-state index in [9.17, 15) is 14.0 Å². The highest BCUT2D eigenvalue weighted by Crippen LogP contribution is 2.21. The number of carbonyl (C=O) groups is 2. The number of urea groups is 1. The summed E-state index contributed by atoms with van der Waals surface area (Å²) in [5.41, 5.74) is 0.868. The molecular weight excluding hydrogens is 357 g/mol. The van der Waals surface area contributed by atoms with Crippen LogP contribution in [0.3, 0.4) is 0 Å². The number of thioether (sulfide) groups is 1. The molecule has 3 aromatic rings. The molecule has 7 nitrogen and oxygen atoms in total. The number of aromatic nitrogens is 3. The van der Waals surface area contributed by atoms with Crippen LogP contribution in [0, 0.1) is 5.82 Å². The predicted molar refractivity (Wildman–Crippen MR) is 96.1 cm³/mol. The van der Waals surface area contributed by atoms with Crippen LogP contribution in [0.2, 0.25) is 0 Å². The zero-order valence-electron chi connectivity index (χ0n) is 13.4. The summed E-state index contributed by atoms with van der Waals surface area (Å²) >= 11 is 1.03. The molecule has 0 aliphatic carbocycles. The van der Waals surface area contributed by atoms with Crippen LogP contribution in [-0.2, 0) is 4.79 Å². The molecule has 0 aliphatic heterocycles. The van der Waals surface area contributed by atoms with E-state index in [1.807, 2.05) is 6.07 Å². The number of anilines is 1. The van der Waals surface area contributed by atoms with Crippen molar-refractivity contribution in [2.75, 3.05) is 11.1 Å². The second-order valence-corrected chi connectivity index (χ2v) is 6.05. The van der Waals surface area contributed by atoms with Gasteiger partial charge < -0.3 is 5.32 Å². The Morgan fingerprint density at radius 2 is 1.81 bits per heavy atom. The second-order valence-electron chi connectivity index (χ2n) is 5.10. The number of H-pyrrole nitrogens is 1. The molecule has 2 aromatic carbocycles. The summed E-state index contributed by atoms with van der Waals surface area (Å²) in [6.45, 7) is 0. The van der Waals surface area contributed by atoms with E-state index in [0.717, 1.165) is 11.8 Å². The van der Waals surface area contributed by atoms with Crippen LogP contribution in [-0.4, -0.2) is 32.9 Å². The van der Waals surface area contributed by atoms with Crippen molar-refractivity contribution in [1.82, 2.24) is 20.5 Å². The van der Waals surface area contributed by atoms with Gasteiger partial charge >= 0.3 is 6.03 Å². The molecule has 1 heterocycles. The number of nitrogens with zero attached hydrogens (tertiary/aromatic N) is 2. The Hall–Kier alpha value is -3.20. The highest BCUT2D eigenvalue weighted by atomic mass is 32.2. The van der Waals surface area contributed by atoms with E-state index < -0.39 is 17.8 Å². The van der Waals surface area contributed by atoms with Gasteiger partial charge in [-0.3, -0.25) is 15.2 Å². The van der Waals surface area contributed by atoms with E-state index in [2.05, 4.69) is 25.8 Å². The zero-order chi connectivity index (χ0) is 18.4. The molecule has 0 atom stereocenters. The van der Waals surface area contributed by atoms with Crippen LogP contribution in [0.5, 0.6) is 0 Å². The van der Waals surface area contributed by atoms with Gasteiger partial charge in [-0.15, -0.1) is 5.10 Å². The number of rotatable bonds is 5. The number of aromatic amines is 1. The van der Waals surface area contributed by atoms with E-state index in [4.69, 9.17) is 0 Å². The molecule has 3 rings (SSSR count). The molecule has 3 N–H and O–H groups in total. The van der Waals surface area contributed by atoms with Gasteiger partial charge in [-0.1, -0.05) is 42.1 Å². The fourth-order valence-corrected chi connectivity index (χ4v) is 2.66. The molecule has 3 amide bonds. The SMILES string of the molecule is O=C(CSc1n[nH]c(-c2ccccc2F)n1)NC(=O)Nc1ccccc1. The molecule has 0 saturated heterocycles. The van der Waals surface area contributed by atoms with Crippen LogP contribution in [0.25, 0.3) is 11.4 Å². The first-order chi connectivity index (χ1) is 12.6. The third-order valence-electron chi connectivity index (χ3n) is 3.21. The minimum atomic E-state index is -0.621. The summed E-state index contributed by atoms with van der Waals surface area (Å²) in [6, 6.07) is 14.3. The normalized spacial score (nSPS) is 10.3. The topological polar surface area (TPSA) is 99.8 Å². The van der Waals surface area contributed by atoms with Gasteiger partial charge in [-0.25, -0.2) is 14.2 Å². The van der Waals surface area contributed by atoms with Crippen LogP contribution in [0.15, 0.2) is 59.8 Å². The predicted octanol–water partition coefficient (Wildman–Crippen LogP) is 3.05. The molecule has 0 saturated carbocycles. The van der Waals surface area contributed by atoms with Crippen molar-refractivity contribution >= 4 is 29.4 Å². The van der Waals surface area contributed by atoms with Crippen molar-refractivity contribution in [2.45, 2.75) is 5.16 Å². The summed E-state index contributed by atoms with van der Waals surface area (Å²) in [5.74, 6) is -0.708. The Kier molecular flexibility index (Phi) is 5.59. The standard InChI is InChI=1S/C17H14FN5O2S/c18-13-9-5-4-8-12(13)15-21-17(23-22-15)26-10-14(24)20-16(25)19-11-6-2-1-3-7-11/h1-9H,10H2,(H,21,22,23)(H2,19,20,24,25). The highest BCUT2D eigenvalue weighted by Gasteiger charge is 2.13. The Morgan fingerprint density at radius 3 is 2.58 bits per heavy atom. The molecule has 0 radical (unpaired) electrons. The highest BCUT2D eigenvalue weighted by molar-refractivity contribution is 7.99. The van der Waals surface area contributed by atoms with Crippen LogP contribution >= 0.6 is 11.8 Å². The zero-order valence-corrected chi connectivity index (χ0v) is 14.2. The summed E-state index contributed by atoms with van der Waals surface area (Å²) < 4.78 is 13.7. The van der Waals surface area contributed by atoms with Crippen LogP contribution < -0.4 is 10.6 Å². The minimum Gasteiger partial charge on any atom is -0.308 e. The average Bonchev–Trinajstić information content (AvgIpc) is 3.10. The maximum absolute atomic E-state index is 13.7. The Morgan fingerprint density at radius 1 is 1.08 bits per heavy atom. The number of benzene rings is 2. The molecular formula is C17H14FN5O2S. The second kappa shape index (κ2) is 8.26. The van der Waals surface area contributed by atoms with Gasteiger partial charge in [-0.05, 0) is 24.3 Å².